The van der Waals surface area contributed by atoms with Crippen LogP contribution in [0.3, 0.4) is 0 Å². The smallest absolute Gasteiger partial charge is 0.251 e. The molecule has 4 heteroatoms. The molecule has 0 aromatic heterocycles. The van der Waals surface area contributed by atoms with Crippen molar-refractivity contribution >= 4 is 11.8 Å². The molecule has 0 aliphatic carbocycles. The van der Waals surface area contributed by atoms with E-state index in [0.717, 1.165) is 0 Å². The van der Waals surface area contributed by atoms with E-state index in [-0.39, 0.29) is 11.8 Å². The third-order valence-electron chi connectivity index (χ3n) is 3.56. The maximum atomic E-state index is 12.2. The van der Waals surface area contributed by atoms with E-state index < -0.39 is 5.54 Å². The predicted molar refractivity (Wildman–Crippen MR) is 91.4 cm³/mol. The summed E-state index contributed by atoms with van der Waals surface area (Å²) in [4.78, 5) is 24.2. The molecule has 0 saturated carbocycles. The van der Waals surface area contributed by atoms with Gasteiger partial charge in [-0.1, -0.05) is 36.4 Å². The van der Waals surface area contributed by atoms with E-state index in [2.05, 4.69) is 10.6 Å². The molecule has 0 unspecified atom stereocenters. The summed E-state index contributed by atoms with van der Waals surface area (Å²) in [5.41, 5.74) is 0.865. The summed E-state index contributed by atoms with van der Waals surface area (Å²) in [5.74, 6) is -0.208. The number of hydrogen-bond acceptors (Lipinski definition) is 2. The summed E-state index contributed by atoms with van der Waals surface area (Å²) in [7, 11) is 0. The van der Waals surface area contributed by atoms with Crippen LogP contribution in [-0.4, -0.2) is 23.9 Å². The average Bonchev–Trinajstić information content (AvgIpc) is 2.55. The number of rotatable bonds is 6. The van der Waals surface area contributed by atoms with E-state index in [1.807, 2.05) is 50.2 Å². The Labute approximate surface area is 136 Å². The van der Waals surface area contributed by atoms with E-state index in [1.54, 1.807) is 24.3 Å². The zero-order valence-electron chi connectivity index (χ0n) is 13.5. The van der Waals surface area contributed by atoms with Crippen LogP contribution >= 0.6 is 0 Å². The fraction of sp³-hybridized carbons (Fsp3) is 0.263. The van der Waals surface area contributed by atoms with Crippen molar-refractivity contribution in [3.05, 3.63) is 71.8 Å². The van der Waals surface area contributed by atoms with E-state index in [1.165, 1.54) is 0 Å². The molecule has 4 nitrogen and oxygen atoms in total. The lowest BCUT2D eigenvalue weighted by molar-refractivity contribution is 0.0907. The largest absolute Gasteiger partial charge is 0.352 e. The number of nitrogens with one attached hydrogen (secondary N) is 2. The highest BCUT2D eigenvalue weighted by Crippen LogP contribution is 2.10. The second-order valence-electron chi connectivity index (χ2n) is 6.08. The Morgan fingerprint density at radius 3 is 1.83 bits per heavy atom. The van der Waals surface area contributed by atoms with Gasteiger partial charge in [-0.2, -0.15) is 0 Å². The maximum Gasteiger partial charge on any atom is 0.251 e. The second kappa shape index (κ2) is 7.58. The lowest BCUT2D eigenvalue weighted by Gasteiger charge is -2.26. The molecule has 2 amide bonds. The lowest BCUT2D eigenvalue weighted by atomic mass is 9.99. The highest BCUT2D eigenvalue weighted by molar-refractivity contribution is 5.95. The van der Waals surface area contributed by atoms with Crippen LogP contribution in [0.1, 0.15) is 41.0 Å². The minimum atomic E-state index is -0.406. The van der Waals surface area contributed by atoms with Crippen molar-refractivity contribution < 1.29 is 9.59 Å². The molecule has 0 atom stereocenters. The van der Waals surface area contributed by atoms with Crippen molar-refractivity contribution in [2.24, 2.45) is 0 Å². The fourth-order valence-electron chi connectivity index (χ4n) is 2.21. The zero-order chi connectivity index (χ0) is 16.7. The quantitative estimate of drug-likeness (QED) is 0.861. The Morgan fingerprint density at radius 2 is 1.30 bits per heavy atom. The highest BCUT2D eigenvalue weighted by Gasteiger charge is 2.21. The second-order valence-corrected chi connectivity index (χ2v) is 6.08. The standard InChI is InChI=1S/C19H22N2O2/c1-19(2,21-18(23)16-11-7-4-8-12-16)13-14-20-17(22)15-9-5-3-6-10-15/h3-12H,13-14H2,1-2H3,(H,20,22)(H,21,23). The topological polar surface area (TPSA) is 58.2 Å². The van der Waals surface area contributed by atoms with E-state index in [0.29, 0.717) is 24.1 Å². The van der Waals surface area contributed by atoms with Gasteiger partial charge in [-0.15, -0.1) is 0 Å². The van der Waals surface area contributed by atoms with E-state index in [9.17, 15) is 9.59 Å². The van der Waals surface area contributed by atoms with Crippen molar-refractivity contribution in [2.45, 2.75) is 25.8 Å². The number of carbonyl (C=O) groups is 2. The van der Waals surface area contributed by atoms with Crippen LogP contribution < -0.4 is 10.6 Å². The van der Waals surface area contributed by atoms with Crippen LogP contribution in [0, 0.1) is 0 Å². The number of benzene rings is 2. The summed E-state index contributed by atoms with van der Waals surface area (Å²) >= 11 is 0. The Balaban J connectivity index is 1.82. The lowest BCUT2D eigenvalue weighted by Crippen LogP contribution is -2.45. The zero-order valence-corrected chi connectivity index (χ0v) is 13.5. The van der Waals surface area contributed by atoms with Crippen molar-refractivity contribution in [1.82, 2.24) is 10.6 Å². The Hall–Kier alpha value is -2.62. The van der Waals surface area contributed by atoms with Crippen LogP contribution in [0.5, 0.6) is 0 Å². The van der Waals surface area contributed by atoms with Gasteiger partial charge in [0.25, 0.3) is 11.8 Å². The molecule has 0 spiro atoms. The van der Waals surface area contributed by atoms with Gasteiger partial charge in [0, 0.05) is 23.2 Å². The Kier molecular flexibility index (Phi) is 5.52. The van der Waals surface area contributed by atoms with Crippen LogP contribution in [0.15, 0.2) is 60.7 Å². The molecule has 0 aliphatic rings. The number of carbonyl (C=O) groups excluding carboxylic acids is 2. The third kappa shape index (κ3) is 5.25. The minimum Gasteiger partial charge on any atom is -0.352 e. The summed E-state index contributed by atoms with van der Waals surface area (Å²) in [5, 5.41) is 5.87. The summed E-state index contributed by atoms with van der Waals surface area (Å²) in [6.45, 7) is 4.39. The van der Waals surface area contributed by atoms with Gasteiger partial charge in [-0.25, -0.2) is 0 Å². The van der Waals surface area contributed by atoms with Crippen LogP contribution in [0.2, 0.25) is 0 Å². The predicted octanol–water partition coefficient (Wildman–Crippen LogP) is 3.02. The van der Waals surface area contributed by atoms with E-state index >= 15 is 0 Å². The summed E-state index contributed by atoms with van der Waals surface area (Å²) < 4.78 is 0. The Bertz CT molecular complexity index is 652. The van der Waals surface area contributed by atoms with Crippen molar-refractivity contribution in [1.29, 1.82) is 0 Å². The molecule has 0 heterocycles. The van der Waals surface area contributed by atoms with Gasteiger partial charge < -0.3 is 10.6 Å². The van der Waals surface area contributed by atoms with Gasteiger partial charge in [0.2, 0.25) is 0 Å². The van der Waals surface area contributed by atoms with Crippen molar-refractivity contribution in [3.8, 4) is 0 Å². The van der Waals surface area contributed by atoms with Gasteiger partial charge in [0.15, 0.2) is 0 Å². The maximum absolute atomic E-state index is 12.2. The fourth-order valence-corrected chi connectivity index (χ4v) is 2.21. The molecular weight excluding hydrogens is 288 g/mol. The molecular formula is C19H22N2O2. The SMILES string of the molecule is CC(C)(CCNC(=O)c1ccccc1)NC(=O)c1ccccc1. The molecule has 0 fully saturated rings. The normalized spacial score (nSPS) is 10.9. The Morgan fingerprint density at radius 1 is 0.826 bits per heavy atom. The summed E-state index contributed by atoms with van der Waals surface area (Å²) in [6, 6.07) is 18.2. The molecule has 2 aromatic carbocycles. The van der Waals surface area contributed by atoms with E-state index in [4.69, 9.17) is 0 Å². The van der Waals surface area contributed by atoms with Gasteiger partial charge in [-0.3, -0.25) is 9.59 Å². The molecule has 2 rings (SSSR count). The molecule has 120 valence electrons. The van der Waals surface area contributed by atoms with Crippen LogP contribution in [0.4, 0.5) is 0 Å². The average molecular weight is 310 g/mol. The molecule has 0 saturated heterocycles. The van der Waals surface area contributed by atoms with Gasteiger partial charge in [-0.05, 0) is 44.5 Å². The third-order valence-corrected chi connectivity index (χ3v) is 3.56. The molecule has 23 heavy (non-hydrogen) atoms. The number of amides is 2. The minimum absolute atomic E-state index is 0.101. The molecule has 2 aromatic rings. The van der Waals surface area contributed by atoms with Gasteiger partial charge >= 0.3 is 0 Å². The first kappa shape index (κ1) is 16.7. The molecule has 0 radical (unpaired) electrons. The molecule has 0 aliphatic heterocycles. The first-order valence-corrected chi connectivity index (χ1v) is 7.69. The first-order valence-electron chi connectivity index (χ1n) is 7.69. The van der Waals surface area contributed by atoms with Crippen molar-refractivity contribution in [2.75, 3.05) is 6.54 Å². The van der Waals surface area contributed by atoms with Crippen LogP contribution in [0.25, 0.3) is 0 Å². The van der Waals surface area contributed by atoms with Gasteiger partial charge in [0.05, 0.1) is 0 Å². The highest BCUT2D eigenvalue weighted by atomic mass is 16.2. The van der Waals surface area contributed by atoms with Gasteiger partial charge in [0.1, 0.15) is 0 Å². The summed E-state index contributed by atoms with van der Waals surface area (Å²) in [6.07, 6.45) is 0.643. The van der Waals surface area contributed by atoms with Crippen LogP contribution in [-0.2, 0) is 0 Å². The monoisotopic (exact) mass is 310 g/mol. The first-order chi connectivity index (χ1) is 11.0. The molecule has 2 N–H and O–H groups in total. The molecule has 0 bridgehead atoms. The van der Waals surface area contributed by atoms with Crippen molar-refractivity contribution in [3.63, 3.8) is 0 Å². The number of hydrogen-bond donors (Lipinski definition) is 2.